The van der Waals surface area contributed by atoms with Crippen LogP contribution in [0.4, 0.5) is 0 Å². The van der Waals surface area contributed by atoms with Gasteiger partial charge in [0, 0.05) is 49.2 Å². The van der Waals surface area contributed by atoms with Gasteiger partial charge in [0.15, 0.2) is 0 Å². The summed E-state index contributed by atoms with van der Waals surface area (Å²) in [5, 5.41) is 0. The molecule has 46 heavy (non-hydrogen) atoms. The van der Waals surface area contributed by atoms with Gasteiger partial charge >= 0.3 is 11.9 Å². The molecule has 0 aromatic heterocycles. The van der Waals surface area contributed by atoms with Crippen molar-refractivity contribution in [3.63, 3.8) is 0 Å². The lowest BCUT2D eigenvalue weighted by Gasteiger charge is -2.19. The normalized spacial score (nSPS) is 12.4. The molecule has 0 saturated heterocycles. The molecule has 6 heteroatoms. The first kappa shape index (κ1) is 44.3. The Labute approximate surface area is 285 Å². The van der Waals surface area contributed by atoms with Crippen LogP contribution in [-0.2, 0) is 19.1 Å². The summed E-state index contributed by atoms with van der Waals surface area (Å²) < 4.78 is 11.1. The second-order valence-corrected chi connectivity index (χ2v) is 14.9. The number of hydrogen-bond acceptors (Lipinski definition) is 6. The van der Waals surface area contributed by atoms with Crippen molar-refractivity contribution in [2.75, 3.05) is 26.3 Å². The van der Waals surface area contributed by atoms with Crippen LogP contribution in [0.3, 0.4) is 0 Å². The van der Waals surface area contributed by atoms with Crippen molar-refractivity contribution in [2.45, 2.75) is 196 Å². The first-order chi connectivity index (χ1) is 22.1. The lowest BCUT2D eigenvalue weighted by atomic mass is 9.97. The third-order valence-corrected chi connectivity index (χ3v) is 8.39. The largest absolute Gasteiger partial charge is 0.465 e. The van der Waals surface area contributed by atoms with E-state index in [9.17, 15) is 9.59 Å². The van der Waals surface area contributed by atoms with Gasteiger partial charge in [0.25, 0.3) is 0 Å². The Morgan fingerprint density at radius 3 is 1.07 bits per heavy atom. The third kappa shape index (κ3) is 32.2. The van der Waals surface area contributed by atoms with Crippen molar-refractivity contribution in [1.82, 2.24) is 0 Å². The maximum Gasteiger partial charge on any atom is 0.305 e. The standard InChI is InChI=1S/C40H76N2O4/c1-7-9-11-13-15-17-19-21-25-29-37(43)45-35-39(3,4)33-41-31-27-23-24-28-32-42-34-40(5,6)36-46-38(44)30-26-22-20-18-16-14-12-10-8-2/h33-34H,7-32,35-36H2,1-6H3. The number of nitrogens with zero attached hydrogens (tertiary/aromatic N) is 2. The van der Waals surface area contributed by atoms with Crippen LogP contribution in [0.1, 0.15) is 196 Å². The fraction of sp³-hybridized carbons (Fsp3) is 0.900. The molecular formula is C40H76N2O4. The minimum absolute atomic E-state index is 0.0826. The van der Waals surface area contributed by atoms with E-state index in [1.807, 2.05) is 12.4 Å². The van der Waals surface area contributed by atoms with Crippen LogP contribution in [0.5, 0.6) is 0 Å². The monoisotopic (exact) mass is 649 g/mol. The Hall–Kier alpha value is -1.72. The van der Waals surface area contributed by atoms with Crippen LogP contribution in [0, 0.1) is 10.8 Å². The summed E-state index contributed by atoms with van der Waals surface area (Å²) in [7, 11) is 0. The van der Waals surface area contributed by atoms with E-state index in [4.69, 9.17) is 9.47 Å². The van der Waals surface area contributed by atoms with Gasteiger partial charge in [0.2, 0.25) is 0 Å². The second kappa shape index (κ2) is 30.6. The molecule has 0 fully saturated rings. The van der Waals surface area contributed by atoms with Crippen LogP contribution < -0.4 is 0 Å². The fourth-order valence-electron chi connectivity index (χ4n) is 5.29. The summed E-state index contributed by atoms with van der Waals surface area (Å²) in [5.74, 6) is -0.165. The van der Waals surface area contributed by atoms with Crippen molar-refractivity contribution < 1.29 is 19.1 Å². The van der Waals surface area contributed by atoms with Crippen LogP contribution in [0.2, 0.25) is 0 Å². The van der Waals surface area contributed by atoms with E-state index in [1.165, 1.54) is 89.9 Å². The van der Waals surface area contributed by atoms with E-state index in [0.29, 0.717) is 26.1 Å². The second-order valence-electron chi connectivity index (χ2n) is 14.9. The first-order valence-corrected chi connectivity index (χ1v) is 19.4. The van der Waals surface area contributed by atoms with Crippen molar-refractivity contribution in [3.05, 3.63) is 0 Å². The predicted molar refractivity (Wildman–Crippen MR) is 198 cm³/mol. The lowest BCUT2D eigenvalue weighted by Crippen LogP contribution is -2.23. The molecule has 0 spiro atoms. The molecule has 0 bridgehead atoms. The molecule has 0 N–H and O–H groups in total. The van der Waals surface area contributed by atoms with Crippen LogP contribution in [0.15, 0.2) is 9.98 Å². The number of carbonyl (C=O) groups is 2. The van der Waals surface area contributed by atoms with Crippen LogP contribution in [-0.4, -0.2) is 50.7 Å². The molecule has 270 valence electrons. The van der Waals surface area contributed by atoms with Gasteiger partial charge in [0.1, 0.15) is 13.2 Å². The summed E-state index contributed by atoms with van der Waals surface area (Å²) >= 11 is 0. The van der Waals surface area contributed by atoms with E-state index >= 15 is 0 Å². The Morgan fingerprint density at radius 2 is 0.739 bits per heavy atom. The highest BCUT2D eigenvalue weighted by Crippen LogP contribution is 2.16. The van der Waals surface area contributed by atoms with E-state index in [1.54, 1.807) is 0 Å². The number of carbonyl (C=O) groups excluding carboxylic acids is 2. The van der Waals surface area contributed by atoms with Gasteiger partial charge in [-0.05, 0) is 25.7 Å². The van der Waals surface area contributed by atoms with E-state index in [0.717, 1.165) is 64.5 Å². The molecule has 0 rings (SSSR count). The van der Waals surface area contributed by atoms with E-state index in [-0.39, 0.29) is 22.8 Å². The summed E-state index contributed by atoms with van der Waals surface area (Å²) in [4.78, 5) is 33.5. The summed E-state index contributed by atoms with van der Waals surface area (Å²) in [6.07, 6.45) is 31.8. The zero-order chi connectivity index (χ0) is 34.2. The van der Waals surface area contributed by atoms with Crippen molar-refractivity contribution in [1.29, 1.82) is 0 Å². The van der Waals surface area contributed by atoms with Gasteiger partial charge < -0.3 is 9.47 Å². The van der Waals surface area contributed by atoms with E-state index in [2.05, 4.69) is 51.5 Å². The number of esters is 2. The predicted octanol–water partition coefficient (Wildman–Crippen LogP) is 11.7. The summed E-state index contributed by atoms with van der Waals surface area (Å²) in [6.45, 7) is 15.2. The average Bonchev–Trinajstić information content (AvgIpc) is 3.02. The van der Waals surface area contributed by atoms with Gasteiger partial charge in [-0.3, -0.25) is 19.6 Å². The molecule has 0 radical (unpaired) electrons. The number of unbranched alkanes of at least 4 members (excludes halogenated alkanes) is 19. The highest BCUT2D eigenvalue weighted by molar-refractivity contribution is 5.71. The Balaban J connectivity index is 3.78. The molecule has 6 nitrogen and oxygen atoms in total. The molecule has 0 heterocycles. The Kier molecular flexibility index (Phi) is 29.5. The molecule has 0 aromatic rings. The topological polar surface area (TPSA) is 77.3 Å². The Bertz CT molecular complexity index is 711. The quantitative estimate of drug-likeness (QED) is 0.0403. The number of aliphatic imine (C=N–C) groups is 2. The fourth-order valence-corrected chi connectivity index (χ4v) is 5.29. The SMILES string of the molecule is CCCCCCCCCCCC(=O)OCC(C)(C)C=NCCCCCCN=CC(C)(C)COC(=O)CCCCCCCCCCC. The molecular weight excluding hydrogens is 572 g/mol. The third-order valence-electron chi connectivity index (χ3n) is 8.39. The molecule has 0 aromatic carbocycles. The number of rotatable bonds is 33. The minimum Gasteiger partial charge on any atom is -0.465 e. The van der Waals surface area contributed by atoms with Crippen LogP contribution >= 0.6 is 0 Å². The molecule has 0 aliphatic carbocycles. The maximum absolute atomic E-state index is 12.1. The lowest BCUT2D eigenvalue weighted by molar-refractivity contribution is -0.146. The van der Waals surface area contributed by atoms with Gasteiger partial charge in [-0.2, -0.15) is 0 Å². The molecule has 0 aliphatic rings. The van der Waals surface area contributed by atoms with Gasteiger partial charge in [0.05, 0.1) is 0 Å². The summed E-state index contributed by atoms with van der Waals surface area (Å²) in [5.41, 5.74) is -0.478. The van der Waals surface area contributed by atoms with Crippen molar-refractivity contribution in [2.24, 2.45) is 20.8 Å². The molecule has 0 aliphatic heterocycles. The Morgan fingerprint density at radius 1 is 0.457 bits per heavy atom. The smallest absolute Gasteiger partial charge is 0.305 e. The van der Waals surface area contributed by atoms with Crippen molar-refractivity contribution >= 4 is 24.4 Å². The molecule has 0 saturated carbocycles. The zero-order valence-corrected chi connectivity index (χ0v) is 31.5. The number of hydrogen-bond donors (Lipinski definition) is 0. The molecule has 0 unspecified atom stereocenters. The average molecular weight is 649 g/mol. The first-order valence-electron chi connectivity index (χ1n) is 19.4. The highest BCUT2D eigenvalue weighted by Gasteiger charge is 2.18. The molecule has 0 atom stereocenters. The van der Waals surface area contributed by atoms with Crippen LogP contribution in [0.25, 0.3) is 0 Å². The zero-order valence-electron chi connectivity index (χ0n) is 31.5. The van der Waals surface area contributed by atoms with Gasteiger partial charge in [-0.1, -0.05) is 157 Å². The summed E-state index contributed by atoms with van der Waals surface area (Å²) in [6, 6.07) is 0. The minimum atomic E-state index is -0.239. The van der Waals surface area contributed by atoms with Gasteiger partial charge in [-0.25, -0.2) is 0 Å². The maximum atomic E-state index is 12.1. The molecule has 0 amide bonds. The van der Waals surface area contributed by atoms with Crippen molar-refractivity contribution in [3.8, 4) is 0 Å². The van der Waals surface area contributed by atoms with E-state index < -0.39 is 0 Å². The van der Waals surface area contributed by atoms with Gasteiger partial charge in [-0.15, -0.1) is 0 Å². The highest BCUT2D eigenvalue weighted by atomic mass is 16.5. The number of ether oxygens (including phenoxy) is 2.